The Hall–Kier alpha value is -2.37. The number of allylic oxidation sites excluding steroid dienone is 1. The summed E-state index contributed by atoms with van der Waals surface area (Å²) in [5, 5.41) is 10.8. The lowest BCUT2D eigenvalue weighted by molar-refractivity contribution is -0.385. The van der Waals surface area contributed by atoms with Crippen molar-refractivity contribution in [2.24, 2.45) is 0 Å². The van der Waals surface area contributed by atoms with Gasteiger partial charge in [-0.25, -0.2) is 0 Å². The second kappa shape index (κ2) is 5.64. The number of hydrogen-bond acceptors (Lipinski definition) is 5. The van der Waals surface area contributed by atoms with Crippen molar-refractivity contribution >= 4 is 18.0 Å². The van der Waals surface area contributed by atoms with Crippen LogP contribution in [0.1, 0.15) is 5.56 Å². The van der Waals surface area contributed by atoms with E-state index in [0.29, 0.717) is 12.0 Å². The molecule has 0 bridgehead atoms. The number of ether oxygens (including phenoxy) is 2. The van der Waals surface area contributed by atoms with E-state index in [4.69, 9.17) is 9.47 Å². The Kier molecular flexibility index (Phi) is 4.21. The lowest BCUT2D eigenvalue weighted by atomic mass is 10.1. The number of nitrogens with zero attached hydrogens (tertiary/aromatic N) is 1. The lowest BCUT2D eigenvalue weighted by Crippen LogP contribution is -1.96. The highest BCUT2D eigenvalue weighted by molar-refractivity contribution is 5.77. The van der Waals surface area contributed by atoms with E-state index in [1.807, 2.05) is 0 Å². The van der Waals surface area contributed by atoms with Crippen LogP contribution in [0.25, 0.3) is 6.08 Å². The molecule has 0 saturated carbocycles. The minimum atomic E-state index is -0.549. The number of methoxy groups -OCH3 is 2. The standard InChI is InChI=1S/C11H11NO5/c1-16-10-6-8(4-3-5-13)9(12(14)15)7-11(10)17-2/h3-7H,1-2H3/b4-3+. The largest absolute Gasteiger partial charge is 0.493 e. The van der Waals surface area contributed by atoms with Gasteiger partial charge in [-0.1, -0.05) is 0 Å². The Balaban J connectivity index is 3.39. The minimum absolute atomic E-state index is 0.152. The highest BCUT2D eigenvalue weighted by Crippen LogP contribution is 2.34. The summed E-state index contributed by atoms with van der Waals surface area (Å²) in [6.45, 7) is 0. The number of nitro benzene ring substituents is 1. The first-order valence-electron chi connectivity index (χ1n) is 4.66. The molecule has 0 N–H and O–H groups in total. The average molecular weight is 237 g/mol. The molecule has 1 aromatic carbocycles. The summed E-state index contributed by atoms with van der Waals surface area (Å²) >= 11 is 0. The van der Waals surface area contributed by atoms with E-state index in [1.165, 1.54) is 38.5 Å². The van der Waals surface area contributed by atoms with Gasteiger partial charge < -0.3 is 9.47 Å². The fraction of sp³-hybridized carbons (Fsp3) is 0.182. The summed E-state index contributed by atoms with van der Waals surface area (Å²) in [4.78, 5) is 20.5. The Bertz CT molecular complexity index is 467. The molecule has 0 unspecified atom stereocenters. The molecule has 0 atom stereocenters. The normalized spacial score (nSPS) is 10.2. The number of rotatable bonds is 5. The molecule has 1 aromatic rings. The number of carbonyl (C=O) groups excluding carboxylic acids is 1. The summed E-state index contributed by atoms with van der Waals surface area (Å²) in [6, 6.07) is 2.69. The maximum absolute atomic E-state index is 10.8. The van der Waals surface area contributed by atoms with E-state index >= 15 is 0 Å². The van der Waals surface area contributed by atoms with E-state index in [-0.39, 0.29) is 17.0 Å². The van der Waals surface area contributed by atoms with Gasteiger partial charge >= 0.3 is 0 Å². The zero-order valence-corrected chi connectivity index (χ0v) is 9.38. The van der Waals surface area contributed by atoms with Crippen molar-refractivity contribution in [2.75, 3.05) is 14.2 Å². The van der Waals surface area contributed by atoms with Gasteiger partial charge in [0.1, 0.15) is 6.29 Å². The van der Waals surface area contributed by atoms with Gasteiger partial charge in [-0.3, -0.25) is 14.9 Å². The quantitative estimate of drug-likeness (QED) is 0.338. The highest BCUT2D eigenvalue weighted by atomic mass is 16.6. The molecular weight excluding hydrogens is 226 g/mol. The molecule has 0 aliphatic rings. The Morgan fingerprint density at radius 2 is 1.82 bits per heavy atom. The summed E-state index contributed by atoms with van der Waals surface area (Å²) in [5.41, 5.74) is 0.125. The fourth-order valence-corrected chi connectivity index (χ4v) is 1.32. The van der Waals surface area contributed by atoms with Crippen molar-refractivity contribution in [3.8, 4) is 11.5 Å². The first kappa shape index (κ1) is 12.7. The van der Waals surface area contributed by atoms with Crippen molar-refractivity contribution in [1.82, 2.24) is 0 Å². The number of carbonyl (C=O) groups is 1. The zero-order valence-electron chi connectivity index (χ0n) is 9.38. The van der Waals surface area contributed by atoms with Crippen LogP contribution in [-0.2, 0) is 4.79 Å². The van der Waals surface area contributed by atoms with E-state index in [0.717, 1.165) is 0 Å². The Morgan fingerprint density at radius 3 is 2.29 bits per heavy atom. The smallest absolute Gasteiger partial charge is 0.280 e. The van der Waals surface area contributed by atoms with Gasteiger partial charge in [0.05, 0.1) is 30.8 Å². The second-order valence-corrected chi connectivity index (χ2v) is 3.02. The SMILES string of the molecule is COc1cc(/C=C/C=O)c([N+](=O)[O-])cc1OC. The predicted octanol–water partition coefficient (Wildman–Crippen LogP) is 1.82. The van der Waals surface area contributed by atoms with Crippen LogP contribution in [0.15, 0.2) is 18.2 Å². The third-order valence-corrected chi connectivity index (χ3v) is 2.08. The molecular formula is C11H11NO5. The van der Waals surface area contributed by atoms with Crippen LogP contribution < -0.4 is 9.47 Å². The first-order chi connectivity index (χ1) is 8.13. The van der Waals surface area contributed by atoms with Crippen LogP contribution in [0.2, 0.25) is 0 Å². The maximum atomic E-state index is 10.8. The van der Waals surface area contributed by atoms with Gasteiger partial charge in [-0.05, 0) is 18.2 Å². The molecule has 0 spiro atoms. The molecule has 0 saturated heterocycles. The fourth-order valence-electron chi connectivity index (χ4n) is 1.32. The van der Waals surface area contributed by atoms with Crippen molar-refractivity contribution in [3.63, 3.8) is 0 Å². The highest BCUT2D eigenvalue weighted by Gasteiger charge is 2.17. The van der Waals surface area contributed by atoms with Crippen LogP contribution >= 0.6 is 0 Å². The average Bonchev–Trinajstić information content (AvgIpc) is 2.34. The lowest BCUT2D eigenvalue weighted by Gasteiger charge is -2.08. The number of aldehydes is 1. The molecule has 90 valence electrons. The van der Waals surface area contributed by atoms with E-state index in [1.54, 1.807) is 0 Å². The van der Waals surface area contributed by atoms with E-state index < -0.39 is 4.92 Å². The van der Waals surface area contributed by atoms with Crippen LogP contribution in [0, 0.1) is 10.1 Å². The number of benzene rings is 1. The van der Waals surface area contributed by atoms with Crippen LogP contribution in [0.4, 0.5) is 5.69 Å². The molecule has 0 radical (unpaired) electrons. The van der Waals surface area contributed by atoms with Gasteiger partial charge in [0.2, 0.25) is 0 Å². The first-order valence-corrected chi connectivity index (χ1v) is 4.66. The van der Waals surface area contributed by atoms with Gasteiger partial charge in [0, 0.05) is 0 Å². The van der Waals surface area contributed by atoms with E-state index in [2.05, 4.69) is 0 Å². The number of nitro groups is 1. The van der Waals surface area contributed by atoms with E-state index in [9.17, 15) is 14.9 Å². The second-order valence-electron chi connectivity index (χ2n) is 3.02. The Labute approximate surface area is 97.6 Å². The molecule has 1 rings (SSSR count). The summed E-state index contributed by atoms with van der Waals surface area (Å²) in [5.74, 6) is 0.631. The van der Waals surface area contributed by atoms with Crippen molar-refractivity contribution in [3.05, 3.63) is 33.9 Å². The van der Waals surface area contributed by atoms with Crippen molar-refractivity contribution < 1.29 is 19.2 Å². The van der Waals surface area contributed by atoms with Crippen molar-refractivity contribution in [2.45, 2.75) is 0 Å². The molecule has 0 aliphatic carbocycles. The monoisotopic (exact) mass is 237 g/mol. The third-order valence-electron chi connectivity index (χ3n) is 2.08. The molecule has 0 aliphatic heterocycles. The predicted molar refractivity (Wildman–Crippen MR) is 61.3 cm³/mol. The molecule has 0 amide bonds. The minimum Gasteiger partial charge on any atom is -0.493 e. The zero-order chi connectivity index (χ0) is 12.8. The molecule has 6 heteroatoms. The van der Waals surface area contributed by atoms with Gasteiger partial charge in [0.25, 0.3) is 5.69 Å². The summed E-state index contributed by atoms with van der Waals surface area (Å²) < 4.78 is 9.99. The van der Waals surface area contributed by atoms with Gasteiger partial charge in [-0.15, -0.1) is 0 Å². The molecule has 17 heavy (non-hydrogen) atoms. The van der Waals surface area contributed by atoms with Gasteiger partial charge in [-0.2, -0.15) is 0 Å². The maximum Gasteiger partial charge on any atom is 0.280 e. The van der Waals surface area contributed by atoms with Crippen molar-refractivity contribution in [1.29, 1.82) is 0 Å². The van der Waals surface area contributed by atoms with Gasteiger partial charge in [0.15, 0.2) is 11.5 Å². The molecule has 0 aromatic heterocycles. The third kappa shape index (κ3) is 2.81. The summed E-state index contributed by atoms with van der Waals surface area (Å²) in [6.07, 6.45) is 3.06. The molecule has 0 heterocycles. The van der Waals surface area contributed by atoms with Crippen LogP contribution in [-0.4, -0.2) is 25.4 Å². The van der Waals surface area contributed by atoms with Crippen LogP contribution in [0.3, 0.4) is 0 Å². The Morgan fingerprint density at radius 1 is 1.24 bits per heavy atom. The topological polar surface area (TPSA) is 78.7 Å². The summed E-state index contributed by atoms with van der Waals surface area (Å²) in [7, 11) is 2.82. The van der Waals surface area contributed by atoms with Crippen LogP contribution in [0.5, 0.6) is 11.5 Å². The number of hydrogen-bond donors (Lipinski definition) is 0. The molecule has 0 fully saturated rings. The molecule has 6 nitrogen and oxygen atoms in total.